The number of benzene rings is 1. The maximum atomic E-state index is 11.8. The van der Waals surface area contributed by atoms with Crippen LogP contribution in [0.4, 0.5) is 0 Å². The van der Waals surface area contributed by atoms with Crippen LogP contribution in [0, 0.1) is 6.92 Å². The van der Waals surface area contributed by atoms with E-state index in [9.17, 15) is 13.4 Å². The van der Waals surface area contributed by atoms with E-state index in [0.29, 0.717) is 0 Å². The first-order chi connectivity index (χ1) is 8.49. The standard InChI is InChI=1S/C11H11BO5S/c1-9-4-6-10(7-5-9)18(14,15)17-12(13)11-3-2-8-16-11/h2-8,13H,1H3. The summed E-state index contributed by atoms with van der Waals surface area (Å²) in [6.07, 6.45) is 1.32. The molecule has 0 atom stereocenters. The summed E-state index contributed by atoms with van der Waals surface area (Å²) in [6.45, 7) is 1.84. The SMILES string of the molecule is Cc1ccc(S(=O)(=O)OB(O)c2ccco2)cc1. The van der Waals surface area contributed by atoms with Crippen LogP contribution in [0.5, 0.6) is 0 Å². The van der Waals surface area contributed by atoms with Crippen molar-refractivity contribution < 1.29 is 22.0 Å². The van der Waals surface area contributed by atoms with Crippen LogP contribution in [0.1, 0.15) is 5.56 Å². The van der Waals surface area contributed by atoms with Gasteiger partial charge < -0.3 is 9.44 Å². The van der Waals surface area contributed by atoms with Crippen molar-refractivity contribution in [3.8, 4) is 0 Å². The minimum absolute atomic E-state index is 0.0151. The van der Waals surface area contributed by atoms with E-state index in [2.05, 4.69) is 4.10 Å². The lowest BCUT2D eigenvalue weighted by Crippen LogP contribution is -2.34. The van der Waals surface area contributed by atoms with E-state index in [-0.39, 0.29) is 10.6 Å². The van der Waals surface area contributed by atoms with Crippen LogP contribution in [0.2, 0.25) is 0 Å². The first-order valence-electron chi connectivity index (χ1n) is 5.20. The molecule has 0 aliphatic heterocycles. The van der Waals surface area contributed by atoms with Crippen LogP contribution in [0.25, 0.3) is 0 Å². The second kappa shape index (κ2) is 4.97. The van der Waals surface area contributed by atoms with E-state index in [1.54, 1.807) is 12.1 Å². The Morgan fingerprint density at radius 2 is 1.89 bits per heavy atom. The van der Waals surface area contributed by atoms with E-state index >= 15 is 0 Å². The van der Waals surface area contributed by atoms with Crippen LogP contribution in [0.15, 0.2) is 52.0 Å². The third-order valence-electron chi connectivity index (χ3n) is 2.31. The number of aryl methyl sites for hydroxylation is 1. The van der Waals surface area contributed by atoms with Crippen LogP contribution < -0.4 is 5.66 Å². The summed E-state index contributed by atoms with van der Waals surface area (Å²) in [5.41, 5.74) is 0.964. The molecule has 0 bridgehead atoms. The molecule has 0 saturated carbocycles. The third kappa shape index (κ3) is 2.81. The molecule has 0 amide bonds. The highest BCUT2D eigenvalue weighted by atomic mass is 32.2. The van der Waals surface area contributed by atoms with Gasteiger partial charge in [-0.1, -0.05) is 17.7 Å². The zero-order chi connectivity index (χ0) is 13.2. The molecule has 1 N–H and O–H groups in total. The van der Waals surface area contributed by atoms with Gasteiger partial charge in [-0.2, -0.15) is 8.42 Å². The Labute approximate surface area is 105 Å². The summed E-state index contributed by atoms with van der Waals surface area (Å²) in [5.74, 6) is 0. The van der Waals surface area contributed by atoms with Crippen LogP contribution >= 0.6 is 0 Å². The predicted molar refractivity (Wildman–Crippen MR) is 65.8 cm³/mol. The van der Waals surface area contributed by atoms with Crippen LogP contribution in [-0.2, 0) is 14.2 Å². The minimum atomic E-state index is -4.01. The zero-order valence-electron chi connectivity index (χ0n) is 9.61. The van der Waals surface area contributed by atoms with E-state index in [4.69, 9.17) is 4.42 Å². The van der Waals surface area contributed by atoms with Gasteiger partial charge in [0, 0.05) is 0 Å². The third-order valence-corrected chi connectivity index (χ3v) is 3.60. The molecule has 0 unspecified atom stereocenters. The van der Waals surface area contributed by atoms with Crippen LogP contribution in [-0.4, -0.2) is 20.6 Å². The lowest BCUT2D eigenvalue weighted by Gasteiger charge is -2.07. The van der Waals surface area contributed by atoms with Crippen molar-refractivity contribution in [1.82, 2.24) is 0 Å². The van der Waals surface area contributed by atoms with Crippen LogP contribution in [0.3, 0.4) is 0 Å². The molecule has 1 heterocycles. The van der Waals surface area contributed by atoms with Gasteiger partial charge in [0.2, 0.25) is 0 Å². The second-order valence-corrected chi connectivity index (χ2v) is 5.30. The molecule has 1 aromatic carbocycles. The number of hydrogen-bond acceptors (Lipinski definition) is 5. The summed E-state index contributed by atoms with van der Waals surface area (Å²) < 4.78 is 33.1. The van der Waals surface area contributed by atoms with Gasteiger partial charge in [-0.3, -0.25) is 4.10 Å². The lowest BCUT2D eigenvalue weighted by atomic mass is 9.88. The average molecular weight is 266 g/mol. The summed E-state index contributed by atoms with van der Waals surface area (Å²) in [4.78, 5) is -0.0151. The van der Waals surface area contributed by atoms with Crippen molar-refractivity contribution in [3.63, 3.8) is 0 Å². The fraction of sp³-hybridized carbons (Fsp3) is 0.0909. The zero-order valence-corrected chi connectivity index (χ0v) is 10.4. The Morgan fingerprint density at radius 1 is 1.22 bits per heavy atom. The van der Waals surface area contributed by atoms with Crippen molar-refractivity contribution in [1.29, 1.82) is 0 Å². The molecular formula is C11H11BO5S. The summed E-state index contributed by atoms with van der Waals surface area (Å²) in [5, 5.41) is 9.57. The van der Waals surface area contributed by atoms with E-state index < -0.39 is 17.2 Å². The first kappa shape index (κ1) is 12.9. The highest BCUT2D eigenvalue weighted by molar-refractivity contribution is 7.87. The molecule has 7 heteroatoms. The molecule has 5 nitrogen and oxygen atoms in total. The highest BCUT2D eigenvalue weighted by Gasteiger charge is 2.28. The fourth-order valence-electron chi connectivity index (χ4n) is 1.36. The van der Waals surface area contributed by atoms with E-state index in [0.717, 1.165) is 5.56 Å². The summed E-state index contributed by atoms with van der Waals surface area (Å²) >= 11 is 0. The molecule has 94 valence electrons. The molecular weight excluding hydrogens is 255 g/mol. The van der Waals surface area contributed by atoms with Gasteiger partial charge in [-0.05, 0) is 31.2 Å². The molecule has 2 aromatic rings. The molecule has 1 aromatic heterocycles. The Balaban J connectivity index is 2.20. The molecule has 0 aliphatic rings. The number of rotatable bonds is 4. The number of furan rings is 1. The summed E-state index contributed by atoms with van der Waals surface area (Å²) in [7, 11) is -5.66. The highest BCUT2D eigenvalue weighted by Crippen LogP contribution is 2.13. The Bertz CT molecular complexity index is 603. The minimum Gasteiger partial charge on any atom is -0.473 e. The van der Waals surface area contributed by atoms with Crippen molar-refractivity contribution in [2.45, 2.75) is 11.8 Å². The first-order valence-corrected chi connectivity index (χ1v) is 6.61. The van der Waals surface area contributed by atoms with E-state index in [1.165, 1.54) is 30.5 Å². The van der Waals surface area contributed by atoms with Gasteiger partial charge >= 0.3 is 7.12 Å². The van der Waals surface area contributed by atoms with Gasteiger partial charge in [-0.25, -0.2) is 0 Å². The monoisotopic (exact) mass is 266 g/mol. The molecule has 18 heavy (non-hydrogen) atoms. The Morgan fingerprint density at radius 3 is 2.44 bits per heavy atom. The molecule has 2 rings (SSSR count). The van der Waals surface area contributed by atoms with E-state index in [1.807, 2.05) is 6.92 Å². The quantitative estimate of drug-likeness (QED) is 0.823. The Hall–Kier alpha value is -1.57. The molecule has 0 saturated heterocycles. The topological polar surface area (TPSA) is 76.7 Å². The van der Waals surface area contributed by atoms with Crippen molar-refractivity contribution >= 4 is 22.9 Å². The smallest absolute Gasteiger partial charge is 0.473 e. The second-order valence-electron chi connectivity index (χ2n) is 3.73. The Kier molecular flexibility index (Phi) is 3.56. The van der Waals surface area contributed by atoms with Gasteiger partial charge in [-0.15, -0.1) is 0 Å². The molecule has 0 spiro atoms. The fourth-order valence-corrected chi connectivity index (χ4v) is 2.28. The van der Waals surface area contributed by atoms with Gasteiger partial charge in [0.25, 0.3) is 10.1 Å². The van der Waals surface area contributed by atoms with Gasteiger partial charge in [0.1, 0.15) is 5.66 Å². The van der Waals surface area contributed by atoms with Gasteiger partial charge in [0.15, 0.2) is 0 Å². The predicted octanol–water partition coefficient (Wildman–Crippen LogP) is 0.681. The normalized spacial score (nSPS) is 11.4. The lowest BCUT2D eigenvalue weighted by molar-refractivity contribution is 0.407. The number of hydrogen-bond donors (Lipinski definition) is 1. The average Bonchev–Trinajstić information content (AvgIpc) is 2.82. The molecule has 0 radical (unpaired) electrons. The summed E-state index contributed by atoms with van der Waals surface area (Å²) in [6, 6.07) is 9.08. The van der Waals surface area contributed by atoms with Crippen molar-refractivity contribution in [3.05, 3.63) is 48.2 Å². The van der Waals surface area contributed by atoms with Crippen molar-refractivity contribution in [2.24, 2.45) is 0 Å². The molecule has 0 fully saturated rings. The van der Waals surface area contributed by atoms with Crippen molar-refractivity contribution in [2.75, 3.05) is 0 Å². The van der Waals surface area contributed by atoms with Gasteiger partial charge in [0.05, 0.1) is 11.2 Å². The largest absolute Gasteiger partial charge is 0.544 e. The maximum Gasteiger partial charge on any atom is 0.544 e. The molecule has 0 aliphatic carbocycles. The maximum absolute atomic E-state index is 11.8.